The number of hydrogen-bond acceptors (Lipinski definition) is 2. The Morgan fingerprint density at radius 3 is 2.88 bits per heavy atom. The summed E-state index contributed by atoms with van der Waals surface area (Å²) in [5.41, 5.74) is 1.20. The predicted molar refractivity (Wildman–Crippen MR) is 68.8 cm³/mol. The van der Waals surface area contributed by atoms with Gasteiger partial charge in [0.2, 0.25) is 0 Å². The summed E-state index contributed by atoms with van der Waals surface area (Å²) in [6.07, 6.45) is 7.79. The molecule has 5 nitrogen and oxygen atoms in total. The SMILES string of the molecule is CN=C(NC1CCC1)N(C)Cc1cnn(C)c1. The summed E-state index contributed by atoms with van der Waals surface area (Å²) in [6.45, 7) is 0.834. The van der Waals surface area contributed by atoms with E-state index in [2.05, 4.69) is 27.4 Å². The standard InChI is InChI=1S/C12H21N5/c1-13-12(15-11-5-4-6-11)16(2)8-10-7-14-17(3)9-10/h7,9,11H,4-6,8H2,1-3H3,(H,13,15). The van der Waals surface area contributed by atoms with Crippen molar-refractivity contribution in [2.75, 3.05) is 14.1 Å². The van der Waals surface area contributed by atoms with Gasteiger partial charge in [0.15, 0.2) is 5.96 Å². The highest BCUT2D eigenvalue weighted by atomic mass is 15.3. The Bertz CT molecular complexity index is 391. The number of guanidine groups is 1. The van der Waals surface area contributed by atoms with Crippen molar-refractivity contribution in [2.24, 2.45) is 12.0 Å². The van der Waals surface area contributed by atoms with Gasteiger partial charge < -0.3 is 10.2 Å². The van der Waals surface area contributed by atoms with Gasteiger partial charge in [0.05, 0.1) is 6.20 Å². The van der Waals surface area contributed by atoms with Crippen LogP contribution in [-0.2, 0) is 13.6 Å². The van der Waals surface area contributed by atoms with Crippen LogP contribution < -0.4 is 5.32 Å². The first-order valence-corrected chi connectivity index (χ1v) is 6.11. The molecule has 1 saturated carbocycles. The molecular formula is C12H21N5. The van der Waals surface area contributed by atoms with Crippen LogP contribution in [-0.4, -0.2) is 40.8 Å². The molecular weight excluding hydrogens is 214 g/mol. The molecule has 1 aliphatic rings. The van der Waals surface area contributed by atoms with Gasteiger partial charge >= 0.3 is 0 Å². The van der Waals surface area contributed by atoms with E-state index in [0.717, 1.165) is 12.5 Å². The summed E-state index contributed by atoms with van der Waals surface area (Å²) < 4.78 is 1.82. The number of nitrogens with one attached hydrogen (secondary N) is 1. The minimum absolute atomic E-state index is 0.616. The topological polar surface area (TPSA) is 45.5 Å². The van der Waals surface area contributed by atoms with Crippen molar-refractivity contribution >= 4 is 5.96 Å². The van der Waals surface area contributed by atoms with Gasteiger partial charge in [-0.05, 0) is 19.3 Å². The third kappa shape index (κ3) is 2.99. The van der Waals surface area contributed by atoms with Gasteiger partial charge in [-0.1, -0.05) is 0 Å². The van der Waals surface area contributed by atoms with Gasteiger partial charge in [-0.25, -0.2) is 0 Å². The molecule has 0 bridgehead atoms. The van der Waals surface area contributed by atoms with Gasteiger partial charge in [0.25, 0.3) is 0 Å². The fourth-order valence-corrected chi connectivity index (χ4v) is 1.98. The van der Waals surface area contributed by atoms with Crippen molar-refractivity contribution < 1.29 is 0 Å². The van der Waals surface area contributed by atoms with E-state index in [1.54, 1.807) is 0 Å². The van der Waals surface area contributed by atoms with Crippen LogP contribution in [0.2, 0.25) is 0 Å². The smallest absolute Gasteiger partial charge is 0.193 e. The number of aliphatic imine (C=N–C) groups is 1. The number of nitrogens with zero attached hydrogens (tertiary/aromatic N) is 4. The highest BCUT2D eigenvalue weighted by molar-refractivity contribution is 5.80. The first-order valence-electron chi connectivity index (χ1n) is 6.11. The Hall–Kier alpha value is -1.52. The lowest BCUT2D eigenvalue weighted by atomic mass is 9.93. The molecule has 1 N–H and O–H groups in total. The Morgan fingerprint density at radius 1 is 1.65 bits per heavy atom. The molecule has 0 aromatic carbocycles. The first kappa shape index (κ1) is 12.0. The van der Waals surface area contributed by atoms with Gasteiger partial charge in [-0.2, -0.15) is 5.10 Å². The normalized spacial score (nSPS) is 16.8. The van der Waals surface area contributed by atoms with E-state index >= 15 is 0 Å². The number of rotatable bonds is 3. The van der Waals surface area contributed by atoms with Gasteiger partial charge in [0.1, 0.15) is 0 Å². The fraction of sp³-hybridized carbons (Fsp3) is 0.667. The minimum atomic E-state index is 0.616. The molecule has 0 radical (unpaired) electrons. The molecule has 0 atom stereocenters. The maximum absolute atomic E-state index is 4.32. The second-order valence-electron chi connectivity index (χ2n) is 4.70. The Labute approximate surface area is 103 Å². The average Bonchev–Trinajstić information content (AvgIpc) is 2.62. The first-order chi connectivity index (χ1) is 8.19. The van der Waals surface area contributed by atoms with E-state index in [9.17, 15) is 0 Å². The van der Waals surface area contributed by atoms with Crippen LogP contribution in [0.25, 0.3) is 0 Å². The van der Waals surface area contributed by atoms with Crippen LogP contribution in [0.3, 0.4) is 0 Å². The van der Waals surface area contributed by atoms with E-state index in [-0.39, 0.29) is 0 Å². The van der Waals surface area contributed by atoms with Gasteiger partial charge in [0, 0.05) is 45.5 Å². The van der Waals surface area contributed by atoms with Crippen molar-refractivity contribution in [3.05, 3.63) is 18.0 Å². The molecule has 0 saturated heterocycles. The molecule has 17 heavy (non-hydrogen) atoms. The van der Waals surface area contributed by atoms with Crippen molar-refractivity contribution in [1.82, 2.24) is 20.0 Å². The van der Waals surface area contributed by atoms with E-state index in [0.29, 0.717) is 6.04 Å². The van der Waals surface area contributed by atoms with E-state index in [1.807, 2.05) is 31.2 Å². The summed E-state index contributed by atoms with van der Waals surface area (Å²) in [5.74, 6) is 0.971. The number of hydrogen-bond donors (Lipinski definition) is 1. The van der Waals surface area contributed by atoms with Crippen LogP contribution >= 0.6 is 0 Å². The van der Waals surface area contributed by atoms with Crippen LogP contribution in [0.1, 0.15) is 24.8 Å². The van der Waals surface area contributed by atoms with E-state index < -0.39 is 0 Å². The zero-order valence-electron chi connectivity index (χ0n) is 10.8. The molecule has 5 heteroatoms. The third-order valence-electron chi connectivity index (χ3n) is 3.19. The Balaban J connectivity index is 1.90. The molecule has 2 rings (SSSR count). The van der Waals surface area contributed by atoms with Gasteiger partial charge in [-0.3, -0.25) is 9.67 Å². The third-order valence-corrected chi connectivity index (χ3v) is 3.19. The maximum Gasteiger partial charge on any atom is 0.193 e. The summed E-state index contributed by atoms with van der Waals surface area (Å²) in [5, 5.41) is 7.65. The van der Waals surface area contributed by atoms with Crippen LogP contribution in [0, 0.1) is 0 Å². The lowest BCUT2D eigenvalue weighted by Gasteiger charge is -2.31. The van der Waals surface area contributed by atoms with Crippen molar-refractivity contribution in [1.29, 1.82) is 0 Å². The molecule has 1 aromatic heterocycles. The lowest BCUT2D eigenvalue weighted by Crippen LogP contribution is -2.46. The quantitative estimate of drug-likeness (QED) is 0.627. The molecule has 0 spiro atoms. The molecule has 0 aliphatic heterocycles. The predicted octanol–water partition coefficient (Wildman–Crippen LogP) is 0.980. The van der Waals surface area contributed by atoms with Crippen molar-refractivity contribution in [2.45, 2.75) is 31.8 Å². The highest BCUT2D eigenvalue weighted by Crippen LogP contribution is 2.18. The molecule has 94 valence electrons. The number of aromatic nitrogens is 2. The Kier molecular flexibility index (Phi) is 3.66. The van der Waals surface area contributed by atoms with Crippen molar-refractivity contribution in [3.8, 4) is 0 Å². The molecule has 1 aliphatic carbocycles. The molecule has 0 amide bonds. The van der Waals surface area contributed by atoms with E-state index in [1.165, 1.54) is 24.8 Å². The zero-order chi connectivity index (χ0) is 12.3. The monoisotopic (exact) mass is 235 g/mol. The van der Waals surface area contributed by atoms with Gasteiger partial charge in [-0.15, -0.1) is 0 Å². The zero-order valence-corrected chi connectivity index (χ0v) is 10.8. The summed E-state index contributed by atoms with van der Waals surface area (Å²) in [6, 6.07) is 0.616. The lowest BCUT2D eigenvalue weighted by molar-refractivity contribution is 0.359. The number of aryl methyl sites for hydroxylation is 1. The van der Waals surface area contributed by atoms with Crippen molar-refractivity contribution in [3.63, 3.8) is 0 Å². The highest BCUT2D eigenvalue weighted by Gasteiger charge is 2.19. The molecule has 1 fully saturated rings. The summed E-state index contributed by atoms with van der Waals surface area (Å²) >= 11 is 0. The van der Waals surface area contributed by atoms with E-state index in [4.69, 9.17) is 0 Å². The fourth-order valence-electron chi connectivity index (χ4n) is 1.98. The molecule has 1 aromatic rings. The molecule has 0 unspecified atom stereocenters. The second-order valence-corrected chi connectivity index (χ2v) is 4.70. The second kappa shape index (κ2) is 5.21. The average molecular weight is 235 g/mol. The maximum atomic E-state index is 4.32. The van der Waals surface area contributed by atoms with Crippen LogP contribution in [0.4, 0.5) is 0 Å². The Morgan fingerprint density at radius 2 is 2.41 bits per heavy atom. The van der Waals surface area contributed by atoms with Crippen LogP contribution in [0.15, 0.2) is 17.4 Å². The summed E-state index contributed by atoms with van der Waals surface area (Å²) in [4.78, 5) is 6.45. The summed E-state index contributed by atoms with van der Waals surface area (Å²) in [7, 11) is 5.83. The molecule has 1 heterocycles. The van der Waals surface area contributed by atoms with Crippen LogP contribution in [0.5, 0.6) is 0 Å². The minimum Gasteiger partial charge on any atom is -0.354 e. The largest absolute Gasteiger partial charge is 0.354 e.